The highest BCUT2D eigenvalue weighted by molar-refractivity contribution is 7.99. The van der Waals surface area contributed by atoms with E-state index in [0.29, 0.717) is 0 Å². The predicted molar refractivity (Wildman–Crippen MR) is 81.8 cm³/mol. The van der Waals surface area contributed by atoms with Gasteiger partial charge in [-0.3, -0.25) is 4.90 Å². The summed E-state index contributed by atoms with van der Waals surface area (Å²) >= 11 is 2.05. The molecule has 0 unspecified atom stereocenters. The van der Waals surface area contributed by atoms with Crippen molar-refractivity contribution in [1.29, 1.82) is 0 Å². The molecule has 0 spiro atoms. The smallest absolute Gasteiger partial charge is 0.156 e. The summed E-state index contributed by atoms with van der Waals surface area (Å²) in [4.78, 5) is 2.50. The Kier molecular flexibility index (Phi) is 4.15. The minimum atomic E-state index is 0.893. The molecule has 1 N–H and O–H groups in total. The maximum absolute atomic E-state index is 4.21. The quantitative estimate of drug-likeness (QED) is 0.924. The maximum atomic E-state index is 4.21. The fourth-order valence-electron chi connectivity index (χ4n) is 2.32. The minimum Gasteiger partial charge on any atom is -0.367 e. The van der Waals surface area contributed by atoms with Gasteiger partial charge in [-0.25, -0.2) is 0 Å². The van der Waals surface area contributed by atoms with E-state index in [-0.39, 0.29) is 0 Å². The van der Waals surface area contributed by atoms with Crippen LogP contribution in [0.25, 0.3) is 10.8 Å². The zero-order valence-electron chi connectivity index (χ0n) is 10.9. The van der Waals surface area contributed by atoms with Crippen LogP contribution in [0.15, 0.2) is 30.5 Å². The number of aromatic nitrogens is 2. The normalized spacial score (nSPS) is 16.6. The number of hydrogen-bond donors (Lipinski definition) is 1. The van der Waals surface area contributed by atoms with Crippen molar-refractivity contribution in [2.24, 2.45) is 0 Å². The van der Waals surface area contributed by atoms with Crippen LogP contribution in [-0.4, -0.2) is 52.8 Å². The summed E-state index contributed by atoms with van der Waals surface area (Å²) in [5.41, 5.74) is 0. The summed E-state index contributed by atoms with van der Waals surface area (Å²) in [5, 5.41) is 13.9. The molecule has 0 aliphatic carbocycles. The van der Waals surface area contributed by atoms with Gasteiger partial charge in [-0.05, 0) is 0 Å². The van der Waals surface area contributed by atoms with Crippen molar-refractivity contribution < 1.29 is 0 Å². The fourth-order valence-corrected chi connectivity index (χ4v) is 3.29. The van der Waals surface area contributed by atoms with Gasteiger partial charge in [0.1, 0.15) is 0 Å². The monoisotopic (exact) mass is 274 g/mol. The number of anilines is 1. The lowest BCUT2D eigenvalue weighted by molar-refractivity contribution is 0.314. The molecule has 1 saturated heterocycles. The number of hydrogen-bond acceptors (Lipinski definition) is 5. The molecule has 0 amide bonds. The standard InChI is InChI=1S/C14H18N4S/c1-2-4-13-12(3-1)11-16-17-14(13)15-5-6-18-7-9-19-10-8-18/h1-4,11H,5-10H2,(H,15,17). The molecule has 1 aromatic heterocycles. The second kappa shape index (κ2) is 6.21. The van der Waals surface area contributed by atoms with Gasteiger partial charge in [-0.15, -0.1) is 5.10 Å². The third-order valence-electron chi connectivity index (χ3n) is 3.39. The van der Waals surface area contributed by atoms with Crippen molar-refractivity contribution in [2.45, 2.75) is 0 Å². The van der Waals surface area contributed by atoms with Crippen LogP contribution < -0.4 is 5.32 Å². The van der Waals surface area contributed by atoms with E-state index in [1.54, 1.807) is 0 Å². The molecule has 100 valence electrons. The molecule has 3 rings (SSSR count). The highest BCUT2D eigenvalue weighted by Crippen LogP contribution is 2.18. The molecule has 4 nitrogen and oxygen atoms in total. The molecule has 1 aliphatic heterocycles. The Morgan fingerprint density at radius 2 is 2.05 bits per heavy atom. The van der Waals surface area contributed by atoms with Crippen LogP contribution in [0.4, 0.5) is 5.82 Å². The van der Waals surface area contributed by atoms with E-state index in [4.69, 9.17) is 0 Å². The van der Waals surface area contributed by atoms with E-state index in [1.165, 1.54) is 24.6 Å². The molecule has 0 bridgehead atoms. The Labute approximate surface area is 117 Å². The van der Waals surface area contributed by atoms with E-state index >= 15 is 0 Å². The number of fused-ring (bicyclic) bond motifs is 1. The fraction of sp³-hybridized carbons (Fsp3) is 0.429. The molecular formula is C14H18N4S. The third-order valence-corrected chi connectivity index (χ3v) is 4.34. The summed E-state index contributed by atoms with van der Waals surface area (Å²) in [6.07, 6.45) is 1.81. The van der Waals surface area contributed by atoms with Crippen LogP contribution in [0.3, 0.4) is 0 Å². The molecule has 0 atom stereocenters. The summed E-state index contributed by atoms with van der Waals surface area (Å²) in [7, 11) is 0. The van der Waals surface area contributed by atoms with Gasteiger partial charge in [0.15, 0.2) is 5.82 Å². The van der Waals surface area contributed by atoms with Crippen molar-refractivity contribution in [2.75, 3.05) is 43.0 Å². The molecular weight excluding hydrogens is 256 g/mol. The van der Waals surface area contributed by atoms with E-state index in [9.17, 15) is 0 Å². The van der Waals surface area contributed by atoms with Crippen molar-refractivity contribution in [3.05, 3.63) is 30.5 Å². The lowest BCUT2D eigenvalue weighted by atomic mass is 10.2. The SMILES string of the molecule is c1ccc2c(NCCN3CCSCC3)nncc2c1. The molecule has 0 saturated carbocycles. The molecule has 19 heavy (non-hydrogen) atoms. The Balaban J connectivity index is 1.62. The van der Waals surface area contributed by atoms with Crippen LogP contribution in [-0.2, 0) is 0 Å². The Morgan fingerprint density at radius 3 is 2.95 bits per heavy atom. The third kappa shape index (κ3) is 3.16. The van der Waals surface area contributed by atoms with E-state index in [0.717, 1.165) is 29.7 Å². The van der Waals surface area contributed by atoms with Gasteiger partial charge >= 0.3 is 0 Å². The molecule has 1 fully saturated rings. The van der Waals surface area contributed by atoms with Crippen LogP contribution in [0.5, 0.6) is 0 Å². The van der Waals surface area contributed by atoms with E-state index in [1.807, 2.05) is 30.1 Å². The second-order valence-corrected chi connectivity index (χ2v) is 5.89. The van der Waals surface area contributed by atoms with Crippen molar-refractivity contribution >= 4 is 28.4 Å². The maximum Gasteiger partial charge on any atom is 0.156 e. The zero-order valence-corrected chi connectivity index (χ0v) is 11.7. The number of benzene rings is 1. The topological polar surface area (TPSA) is 41.0 Å². The molecule has 2 heterocycles. The van der Waals surface area contributed by atoms with Gasteiger partial charge in [-0.2, -0.15) is 16.9 Å². The predicted octanol–water partition coefficient (Wildman–Crippen LogP) is 2.09. The van der Waals surface area contributed by atoms with Crippen molar-refractivity contribution in [3.8, 4) is 0 Å². The molecule has 1 aliphatic rings. The van der Waals surface area contributed by atoms with E-state index < -0.39 is 0 Å². The first-order valence-electron chi connectivity index (χ1n) is 6.68. The van der Waals surface area contributed by atoms with Gasteiger partial charge in [0.05, 0.1) is 6.20 Å². The van der Waals surface area contributed by atoms with Crippen LogP contribution in [0.1, 0.15) is 0 Å². The summed E-state index contributed by atoms with van der Waals surface area (Å²) < 4.78 is 0. The number of thioether (sulfide) groups is 1. The summed E-state index contributed by atoms with van der Waals surface area (Å²) in [6.45, 7) is 4.40. The highest BCUT2D eigenvalue weighted by Gasteiger charge is 2.09. The summed E-state index contributed by atoms with van der Waals surface area (Å²) in [6, 6.07) is 8.22. The second-order valence-electron chi connectivity index (χ2n) is 4.66. The first kappa shape index (κ1) is 12.7. The van der Waals surface area contributed by atoms with Gasteiger partial charge in [0.2, 0.25) is 0 Å². The summed E-state index contributed by atoms with van der Waals surface area (Å²) in [5.74, 6) is 3.41. The van der Waals surface area contributed by atoms with Gasteiger partial charge in [0.25, 0.3) is 0 Å². The Morgan fingerprint density at radius 1 is 1.21 bits per heavy atom. The molecule has 5 heteroatoms. The lowest BCUT2D eigenvalue weighted by Gasteiger charge is -2.26. The van der Waals surface area contributed by atoms with Gasteiger partial charge < -0.3 is 5.32 Å². The number of nitrogens with zero attached hydrogens (tertiary/aromatic N) is 3. The molecule has 0 radical (unpaired) electrons. The van der Waals surface area contributed by atoms with Gasteiger partial charge in [0, 0.05) is 48.5 Å². The average Bonchev–Trinajstić information content (AvgIpc) is 2.49. The first-order valence-corrected chi connectivity index (χ1v) is 7.83. The van der Waals surface area contributed by atoms with Crippen LogP contribution in [0, 0.1) is 0 Å². The highest BCUT2D eigenvalue weighted by atomic mass is 32.2. The average molecular weight is 274 g/mol. The largest absolute Gasteiger partial charge is 0.367 e. The number of rotatable bonds is 4. The van der Waals surface area contributed by atoms with Crippen molar-refractivity contribution in [3.63, 3.8) is 0 Å². The lowest BCUT2D eigenvalue weighted by Crippen LogP contribution is -2.36. The van der Waals surface area contributed by atoms with Crippen molar-refractivity contribution in [1.82, 2.24) is 15.1 Å². The van der Waals surface area contributed by atoms with Crippen LogP contribution in [0.2, 0.25) is 0 Å². The van der Waals surface area contributed by atoms with E-state index in [2.05, 4.69) is 32.5 Å². The Bertz CT molecular complexity index is 534. The van der Waals surface area contributed by atoms with Gasteiger partial charge in [-0.1, -0.05) is 24.3 Å². The molecule has 2 aromatic rings. The number of nitrogens with one attached hydrogen (secondary N) is 1. The van der Waals surface area contributed by atoms with Crippen LogP contribution >= 0.6 is 11.8 Å². The zero-order chi connectivity index (χ0) is 12.9. The first-order chi connectivity index (χ1) is 9.43. The molecule has 1 aromatic carbocycles. The minimum absolute atomic E-state index is 0.893. The Hall–Kier alpha value is -1.33.